The predicted octanol–water partition coefficient (Wildman–Crippen LogP) is -0.641. The van der Waals surface area contributed by atoms with Crippen LogP contribution in [-0.2, 0) is 20.9 Å². The molecule has 2 aliphatic carbocycles. The van der Waals surface area contributed by atoms with Crippen molar-refractivity contribution in [1.82, 2.24) is 0 Å². The first-order valence-electron chi connectivity index (χ1n) is 9.88. The second-order valence-electron chi connectivity index (χ2n) is 7.24. The summed E-state index contributed by atoms with van der Waals surface area (Å²) in [5.74, 6) is 0. The number of hydrogen-bond donors (Lipinski definition) is 0. The summed E-state index contributed by atoms with van der Waals surface area (Å²) >= 11 is -1.69. The molecule has 0 aromatic heterocycles. The molecule has 0 heterocycles. The van der Waals surface area contributed by atoms with Crippen molar-refractivity contribution in [3.05, 3.63) is 71.3 Å². The van der Waals surface area contributed by atoms with Crippen LogP contribution < -0.4 is 30.0 Å². The van der Waals surface area contributed by atoms with E-state index in [9.17, 15) is 0 Å². The summed E-state index contributed by atoms with van der Waals surface area (Å²) in [6, 6.07) is 9.50. The smallest absolute Gasteiger partial charge is 1.00 e. The molecule has 1 aromatic carbocycles. The van der Waals surface area contributed by atoms with Gasteiger partial charge >= 0.3 is 164 Å². The first-order chi connectivity index (χ1) is 12.2. The van der Waals surface area contributed by atoms with E-state index < -0.39 is 20.9 Å². The van der Waals surface area contributed by atoms with Crippen LogP contribution in [0.3, 0.4) is 0 Å². The van der Waals surface area contributed by atoms with E-state index in [-0.39, 0.29) is 31.5 Å². The van der Waals surface area contributed by atoms with Crippen LogP contribution in [0.4, 0.5) is 0 Å². The van der Waals surface area contributed by atoms with Crippen molar-refractivity contribution in [2.45, 2.75) is 59.8 Å². The van der Waals surface area contributed by atoms with Crippen molar-refractivity contribution in [2.75, 3.05) is 0 Å². The van der Waals surface area contributed by atoms with E-state index in [1.807, 2.05) is 6.56 Å². The Balaban J connectivity index is 0.00000182. The molecule has 0 nitrogen and oxygen atoms in total. The molecule has 0 saturated carbocycles. The Labute approximate surface area is 187 Å². The van der Waals surface area contributed by atoms with Gasteiger partial charge in [-0.15, -0.1) is 0 Å². The van der Waals surface area contributed by atoms with E-state index in [4.69, 9.17) is 0 Å². The molecule has 2 aliphatic rings. The Morgan fingerprint density at radius 2 is 1.59 bits per heavy atom. The number of allylic oxidation sites excluding steroid dienone is 8. The molecule has 0 N–H and O–H groups in total. The SMILES string of the molecule is CCC1=C(CC)C(CC)=[C]([Zr+2]([SiH2]c2ccc(C)cc2)[C]2=CC=CC2)C1.[Cl-].[Cl-]. The van der Waals surface area contributed by atoms with Crippen molar-refractivity contribution in [2.24, 2.45) is 0 Å². The zero-order valence-corrected chi connectivity index (χ0v) is 22.4. The molecule has 145 valence electrons. The van der Waals surface area contributed by atoms with Gasteiger partial charge in [0.1, 0.15) is 0 Å². The molecule has 1 aromatic rings. The topological polar surface area (TPSA) is 0 Å². The van der Waals surface area contributed by atoms with Crippen molar-refractivity contribution in [3.63, 3.8) is 0 Å². The van der Waals surface area contributed by atoms with E-state index in [0.717, 1.165) is 0 Å². The summed E-state index contributed by atoms with van der Waals surface area (Å²) in [5.41, 5.74) is 6.68. The molecule has 0 spiro atoms. The Kier molecular flexibility index (Phi) is 10.8. The standard InChI is InChI=1S/C11H17.C7H9Si.C5H5.2ClH.Zr/c1-4-9-7-8-10(5-2)11(9)6-3;1-6-2-4-7(8)5-3-6;1-2-4-5-3-1;;;/h4-7H2,1-3H3;2-5H,8H2,1H3;1-3H,4H2;2*1H;/q;;;;;+2/p-2. The summed E-state index contributed by atoms with van der Waals surface area (Å²) in [6.07, 6.45) is 13.5. The molecule has 27 heavy (non-hydrogen) atoms. The fraction of sp³-hybridized carbons (Fsp3) is 0.391. The van der Waals surface area contributed by atoms with Crippen LogP contribution in [0.15, 0.2) is 65.8 Å². The third kappa shape index (κ3) is 5.69. The normalized spacial score (nSPS) is 16.1. The van der Waals surface area contributed by atoms with Crippen LogP contribution in [0.1, 0.15) is 58.4 Å². The van der Waals surface area contributed by atoms with Crippen LogP contribution in [0.2, 0.25) is 0 Å². The van der Waals surface area contributed by atoms with Crippen LogP contribution in [-0.4, -0.2) is 6.65 Å². The van der Waals surface area contributed by atoms with E-state index >= 15 is 0 Å². The molecule has 0 aliphatic heterocycles. The van der Waals surface area contributed by atoms with Crippen molar-refractivity contribution >= 4 is 11.8 Å². The van der Waals surface area contributed by atoms with Gasteiger partial charge in [0.05, 0.1) is 0 Å². The molecular weight excluding hydrogens is 466 g/mol. The summed E-state index contributed by atoms with van der Waals surface area (Å²) in [7, 11) is 0. The average Bonchev–Trinajstić information content (AvgIpc) is 3.28. The van der Waals surface area contributed by atoms with Gasteiger partial charge in [-0.25, -0.2) is 0 Å². The van der Waals surface area contributed by atoms with Gasteiger partial charge in [-0.2, -0.15) is 0 Å². The molecule has 0 saturated heterocycles. The summed E-state index contributed by atoms with van der Waals surface area (Å²) in [6.45, 7) is 9.14. The van der Waals surface area contributed by atoms with E-state index in [0.29, 0.717) is 0 Å². The minimum absolute atomic E-state index is 0. The molecule has 0 fully saturated rings. The van der Waals surface area contributed by atoms with E-state index in [1.54, 1.807) is 21.9 Å². The van der Waals surface area contributed by atoms with Crippen molar-refractivity contribution < 1.29 is 45.7 Å². The van der Waals surface area contributed by atoms with Gasteiger partial charge in [0.2, 0.25) is 0 Å². The van der Waals surface area contributed by atoms with Crippen LogP contribution in [0, 0.1) is 6.92 Å². The largest absolute Gasteiger partial charge is 1.00 e. The summed E-state index contributed by atoms with van der Waals surface area (Å²) < 4.78 is 3.84. The zero-order valence-electron chi connectivity index (χ0n) is 17.0. The first-order valence-corrected chi connectivity index (χ1v) is 19.0. The Morgan fingerprint density at radius 1 is 0.926 bits per heavy atom. The van der Waals surface area contributed by atoms with Gasteiger partial charge in [0.15, 0.2) is 0 Å². The number of rotatable bonds is 7. The van der Waals surface area contributed by atoms with E-state index in [1.165, 1.54) is 37.7 Å². The number of hydrogen-bond acceptors (Lipinski definition) is 0. The quantitative estimate of drug-likeness (QED) is 0.440. The van der Waals surface area contributed by atoms with Gasteiger partial charge < -0.3 is 24.8 Å². The third-order valence-electron chi connectivity index (χ3n) is 5.70. The van der Waals surface area contributed by atoms with Crippen molar-refractivity contribution in [3.8, 4) is 0 Å². The average molecular weight is 498 g/mol. The van der Waals surface area contributed by atoms with Crippen LogP contribution >= 0.6 is 0 Å². The Morgan fingerprint density at radius 3 is 2.11 bits per heavy atom. The molecule has 0 amide bonds. The van der Waals surface area contributed by atoms with Gasteiger partial charge in [-0.1, -0.05) is 0 Å². The number of halogens is 2. The third-order valence-corrected chi connectivity index (χ3v) is 23.6. The fourth-order valence-electron chi connectivity index (χ4n) is 4.33. The summed E-state index contributed by atoms with van der Waals surface area (Å²) in [4.78, 5) is 0. The van der Waals surface area contributed by atoms with Gasteiger partial charge in [0.25, 0.3) is 0 Å². The molecule has 0 unspecified atom stereocenters. The molecule has 0 bridgehead atoms. The van der Waals surface area contributed by atoms with Gasteiger partial charge in [-0.3, -0.25) is 0 Å². The second kappa shape index (κ2) is 11.8. The zero-order chi connectivity index (χ0) is 17.8. The predicted molar refractivity (Wildman–Crippen MR) is 111 cm³/mol. The fourth-order valence-corrected chi connectivity index (χ4v) is 22.5. The molecule has 0 radical (unpaired) electrons. The Bertz CT molecular complexity index is 757. The minimum Gasteiger partial charge on any atom is -1.00 e. The number of aryl methyl sites for hydroxylation is 1. The maximum absolute atomic E-state index is 2.49. The summed E-state index contributed by atoms with van der Waals surface area (Å²) in [5, 5.41) is 1.69. The Hall–Kier alpha value is -0.140. The number of benzene rings is 1. The van der Waals surface area contributed by atoms with Crippen molar-refractivity contribution in [1.29, 1.82) is 0 Å². The van der Waals surface area contributed by atoms with E-state index in [2.05, 4.69) is 70.2 Å². The monoisotopic (exact) mass is 495 g/mol. The maximum Gasteiger partial charge on any atom is -1.00 e. The minimum atomic E-state index is -1.69. The first kappa shape index (κ1) is 24.9. The van der Waals surface area contributed by atoms with Crippen LogP contribution in [0.25, 0.3) is 0 Å². The maximum atomic E-state index is 2.49. The van der Waals surface area contributed by atoms with Crippen LogP contribution in [0.5, 0.6) is 0 Å². The molecule has 0 atom stereocenters. The second-order valence-corrected chi connectivity index (χ2v) is 20.6. The molecule has 4 heteroatoms. The molecular formula is C23H31Cl2SiZr. The van der Waals surface area contributed by atoms with Gasteiger partial charge in [-0.05, 0) is 0 Å². The van der Waals surface area contributed by atoms with Gasteiger partial charge in [0, 0.05) is 0 Å². The molecule has 3 rings (SSSR count).